The van der Waals surface area contributed by atoms with Crippen molar-refractivity contribution >= 4 is 5.97 Å². The van der Waals surface area contributed by atoms with Gasteiger partial charge in [-0.15, -0.1) is 0 Å². The third-order valence-corrected chi connectivity index (χ3v) is 3.13. The maximum atomic E-state index is 13.0. The van der Waals surface area contributed by atoms with Gasteiger partial charge in [0.2, 0.25) is 0 Å². The van der Waals surface area contributed by atoms with E-state index in [9.17, 15) is 13.6 Å². The molecule has 0 aliphatic rings. The summed E-state index contributed by atoms with van der Waals surface area (Å²) >= 11 is 0. The van der Waals surface area contributed by atoms with Crippen LogP contribution in [-0.2, 0) is 16.0 Å². The van der Waals surface area contributed by atoms with E-state index >= 15 is 0 Å². The van der Waals surface area contributed by atoms with Crippen molar-refractivity contribution in [2.45, 2.75) is 26.3 Å². The maximum absolute atomic E-state index is 13.0. The summed E-state index contributed by atoms with van der Waals surface area (Å²) in [6.07, 6.45) is 0.493. The maximum Gasteiger partial charge on any atom is 0.309 e. The number of benzene rings is 1. The van der Waals surface area contributed by atoms with Crippen LogP contribution in [0, 0.1) is 17.6 Å². The molecule has 106 valence electrons. The Morgan fingerprint density at radius 1 is 1.26 bits per heavy atom. The van der Waals surface area contributed by atoms with Crippen LogP contribution in [0.4, 0.5) is 8.78 Å². The lowest BCUT2D eigenvalue weighted by atomic mass is 10.0. The van der Waals surface area contributed by atoms with Gasteiger partial charge in [0.15, 0.2) is 0 Å². The van der Waals surface area contributed by atoms with Crippen LogP contribution >= 0.6 is 0 Å². The van der Waals surface area contributed by atoms with E-state index in [2.05, 4.69) is 10.1 Å². The second kappa shape index (κ2) is 7.19. The summed E-state index contributed by atoms with van der Waals surface area (Å²) in [6, 6.07) is 3.39. The average Bonchev–Trinajstić information content (AvgIpc) is 2.35. The van der Waals surface area contributed by atoms with Gasteiger partial charge < -0.3 is 10.1 Å². The van der Waals surface area contributed by atoms with Crippen LogP contribution in [-0.4, -0.2) is 25.7 Å². The van der Waals surface area contributed by atoms with Crippen LogP contribution in [0.1, 0.15) is 19.4 Å². The molecule has 0 heterocycles. The van der Waals surface area contributed by atoms with Crippen LogP contribution in [0.15, 0.2) is 18.2 Å². The molecule has 0 saturated carbocycles. The van der Waals surface area contributed by atoms with E-state index in [1.165, 1.54) is 19.2 Å². The molecular formula is C14H19F2NO2. The Bertz CT molecular complexity index is 417. The quantitative estimate of drug-likeness (QED) is 0.807. The molecule has 0 spiro atoms. The fourth-order valence-corrected chi connectivity index (χ4v) is 1.77. The molecule has 0 bridgehead atoms. The molecule has 3 nitrogen and oxygen atoms in total. The minimum Gasteiger partial charge on any atom is -0.469 e. The van der Waals surface area contributed by atoms with Gasteiger partial charge >= 0.3 is 5.97 Å². The smallest absolute Gasteiger partial charge is 0.309 e. The van der Waals surface area contributed by atoms with Gasteiger partial charge in [-0.25, -0.2) is 8.78 Å². The molecule has 0 aliphatic heterocycles. The third kappa shape index (κ3) is 4.95. The summed E-state index contributed by atoms with van der Waals surface area (Å²) in [6.45, 7) is 4.17. The van der Waals surface area contributed by atoms with Gasteiger partial charge in [-0.1, -0.05) is 6.92 Å². The number of ether oxygens (including phenoxy) is 1. The van der Waals surface area contributed by atoms with Gasteiger partial charge in [0.1, 0.15) is 11.6 Å². The standard InChI is InChI=1S/C14H19F2NO2/c1-9(14(18)19-3)10(2)17-5-4-11-6-12(15)8-13(16)7-11/h6-10,17H,4-5H2,1-3H3. The van der Waals surface area contributed by atoms with Gasteiger partial charge in [-0.05, 0) is 37.6 Å². The van der Waals surface area contributed by atoms with Crippen molar-refractivity contribution in [2.75, 3.05) is 13.7 Å². The summed E-state index contributed by atoms with van der Waals surface area (Å²) < 4.78 is 30.6. The molecule has 0 saturated heterocycles. The summed E-state index contributed by atoms with van der Waals surface area (Å²) in [5.41, 5.74) is 0.586. The minimum atomic E-state index is -0.578. The molecule has 5 heteroatoms. The van der Waals surface area contributed by atoms with Crippen LogP contribution < -0.4 is 5.32 Å². The Balaban J connectivity index is 2.43. The number of hydrogen-bond acceptors (Lipinski definition) is 3. The van der Waals surface area contributed by atoms with Crippen molar-refractivity contribution in [1.82, 2.24) is 5.32 Å². The van der Waals surface area contributed by atoms with Crippen molar-refractivity contribution in [3.63, 3.8) is 0 Å². The van der Waals surface area contributed by atoms with E-state index in [1.54, 1.807) is 6.92 Å². The van der Waals surface area contributed by atoms with Gasteiger partial charge in [0, 0.05) is 12.1 Å². The van der Waals surface area contributed by atoms with Crippen LogP contribution in [0.3, 0.4) is 0 Å². The normalized spacial score (nSPS) is 13.9. The summed E-state index contributed by atoms with van der Waals surface area (Å²) in [4.78, 5) is 11.3. The number of carbonyl (C=O) groups excluding carboxylic acids is 1. The topological polar surface area (TPSA) is 38.3 Å². The monoisotopic (exact) mass is 271 g/mol. The van der Waals surface area contributed by atoms with Crippen molar-refractivity contribution in [2.24, 2.45) is 5.92 Å². The molecule has 0 aliphatic carbocycles. The lowest BCUT2D eigenvalue weighted by Crippen LogP contribution is -2.37. The second-order valence-electron chi connectivity index (χ2n) is 4.58. The average molecular weight is 271 g/mol. The largest absolute Gasteiger partial charge is 0.469 e. The van der Waals surface area contributed by atoms with Gasteiger partial charge in [-0.3, -0.25) is 4.79 Å². The minimum absolute atomic E-state index is 0.0640. The Kier molecular flexibility index (Phi) is 5.89. The first kappa shape index (κ1) is 15.6. The summed E-state index contributed by atoms with van der Waals surface area (Å²) in [5.74, 6) is -1.71. The van der Waals surface area contributed by atoms with Crippen LogP contribution in [0.2, 0.25) is 0 Å². The lowest BCUT2D eigenvalue weighted by Gasteiger charge is -2.19. The van der Waals surface area contributed by atoms with Crippen LogP contribution in [0.25, 0.3) is 0 Å². The molecule has 1 aromatic rings. The van der Waals surface area contributed by atoms with Crippen molar-refractivity contribution in [3.05, 3.63) is 35.4 Å². The predicted octanol–water partition coefficient (Wildman–Crippen LogP) is 2.29. The molecule has 1 rings (SSSR count). The van der Waals surface area contributed by atoms with Crippen molar-refractivity contribution in [3.8, 4) is 0 Å². The lowest BCUT2D eigenvalue weighted by molar-refractivity contribution is -0.145. The first-order valence-corrected chi connectivity index (χ1v) is 6.20. The van der Waals surface area contributed by atoms with Gasteiger partial charge in [0.05, 0.1) is 13.0 Å². The van der Waals surface area contributed by atoms with Crippen molar-refractivity contribution in [1.29, 1.82) is 0 Å². The first-order valence-electron chi connectivity index (χ1n) is 6.20. The second-order valence-corrected chi connectivity index (χ2v) is 4.58. The van der Waals surface area contributed by atoms with E-state index < -0.39 is 11.6 Å². The van der Waals surface area contributed by atoms with Crippen LogP contribution in [0.5, 0.6) is 0 Å². The zero-order valence-electron chi connectivity index (χ0n) is 11.4. The number of esters is 1. The zero-order chi connectivity index (χ0) is 14.4. The summed E-state index contributed by atoms with van der Waals surface area (Å²) in [7, 11) is 1.35. The molecule has 19 heavy (non-hydrogen) atoms. The zero-order valence-corrected chi connectivity index (χ0v) is 11.4. The number of hydrogen-bond donors (Lipinski definition) is 1. The molecular weight excluding hydrogens is 252 g/mol. The third-order valence-electron chi connectivity index (χ3n) is 3.13. The highest BCUT2D eigenvalue weighted by Crippen LogP contribution is 2.09. The Labute approximate surface area is 112 Å². The predicted molar refractivity (Wildman–Crippen MR) is 68.7 cm³/mol. The Hall–Kier alpha value is -1.49. The highest BCUT2D eigenvalue weighted by molar-refractivity contribution is 5.72. The number of methoxy groups -OCH3 is 1. The number of halogens is 2. The van der Waals surface area contributed by atoms with E-state index in [4.69, 9.17) is 0 Å². The molecule has 0 aromatic heterocycles. The fraction of sp³-hybridized carbons (Fsp3) is 0.500. The molecule has 1 N–H and O–H groups in total. The number of nitrogens with one attached hydrogen (secondary N) is 1. The van der Waals surface area contributed by atoms with Crippen molar-refractivity contribution < 1.29 is 18.3 Å². The van der Waals surface area contributed by atoms with Gasteiger partial charge in [0.25, 0.3) is 0 Å². The first-order chi connectivity index (χ1) is 8.93. The molecule has 0 fully saturated rings. The van der Waals surface area contributed by atoms with E-state index in [-0.39, 0.29) is 17.9 Å². The Morgan fingerprint density at radius 3 is 2.37 bits per heavy atom. The highest BCUT2D eigenvalue weighted by atomic mass is 19.1. The fourth-order valence-electron chi connectivity index (χ4n) is 1.77. The highest BCUT2D eigenvalue weighted by Gasteiger charge is 2.19. The van der Waals surface area contributed by atoms with E-state index in [0.717, 1.165) is 6.07 Å². The number of carbonyl (C=O) groups is 1. The SMILES string of the molecule is COC(=O)C(C)C(C)NCCc1cc(F)cc(F)c1. The molecule has 2 atom stereocenters. The molecule has 2 unspecified atom stereocenters. The number of rotatable bonds is 6. The summed E-state index contributed by atoms with van der Waals surface area (Å²) in [5, 5.41) is 3.14. The molecule has 0 radical (unpaired) electrons. The molecule has 0 amide bonds. The van der Waals surface area contributed by atoms with E-state index in [0.29, 0.717) is 18.5 Å². The Morgan fingerprint density at radius 2 is 1.84 bits per heavy atom. The molecule has 1 aromatic carbocycles. The van der Waals surface area contributed by atoms with E-state index in [1.807, 2.05) is 6.92 Å². The van der Waals surface area contributed by atoms with Gasteiger partial charge in [-0.2, -0.15) is 0 Å².